The summed E-state index contributed by atoms with van der Waals surface area (Å²) in [5.41, 5.74) is 4.33. The number of rotatable bonds is 8. The summed E-state index contributed by atoms with van der Waals surface area (Å²) >= 11 is 0. The van der Waals surface area contributed by atoms with Crippen LogP contribution >= 0.6 is 0 Å². The standard InChI is InChI=1S/C13H19N.C10H15BO2.C8H13NO3/c1-2-3-4-11-5-7-12(8-6-11)13-9-14-10-13;1-2-3-4-9-5-7-10(8-6-9)11(12)13;1-8(2,3)12-7(11)9-4-6(10)5-9/h5-8,13-14H,2-4,9-10H2,1H3;5-8,12-13H,2-4H2,1H3;4-5H2,1-3H3. The van der Waals surface area contributed by atoms with Gasteiger partial charge in [-0.25, -0.2) is 4.79 Å². The second kappa shape index (κ2) is 16.4. The molecule has 3 N–H and O–H groups in total. The zero-order valence-corrected chi connectivity index (χ0v) is 24.4. The molecule has 0 saturated carbocycles. The van der Waals surface area contributed by atoms with Crippen LogP contribution < -0.4 is 10.8 Å². The Labute approximate surface area is 235 Å². The van der Waals surface area contributed by atoms with Gasteiger partial charge >= 0.3 is 13.2 Å². The fourth-order valence-electron chi connectivity index (χ4n) is 3.93. The fraction of sp³-hybridized carbons (Fsp3) is 0.548. The van der Waals surface area contributed by atoms with Gasteiger partial charge in [-0.1, -0.05) is 75.2 Å². The molecule has 0 spiro atoms. The Hall–Kier alpha value is -2.68. The summed E-state index contributed by atoms with van der Waals surface area (Å²) in [6.07, 6.45) is 6.87. The van der Waals surface area contributed by atoms with Gasteiger partial charge in [-0.05, 0) is 68.6 Å². The van der Waals surface area contributed by atoms with Gasteiger partial charge in [0, 0.05) is 19.0 Å². The molecule has 0 unspecified atom stereocenters. The molecule has 0 aromatic heterocycles. The Bertz CT molecular complexity index is 991. The molecule has 39 heavy (non-hydrogen) atoms. The van der Waals surface area contributed by atoms with E-state index in [-0.39, 0.29) is 18.9 Å². The minimum absolute atomic E-state index is 0.0841. The Kier molecular flexibility index (Phi) is 13.7. The zero-order chi connectivity index (χ0) is 28.8. The molecule has 2 heterocycles. The van der Waals surface area contributed by atoms with E-state index in [2.05, 4.69) is 43.4 Å². The maximum atomic E-state index is 11.1. The molecule has 0 aliphatic carbocycles. The predicted octanol–water partition coefficient (Wildman–Crippen LogP) is 4.23. The SMILES string of the molecule is CC(C)(C)OC(=O)N1CC(=O)C1.CCCCc1ccc(B(O)O)cc1.CCCCc1ccc(C2CNC2)cc1. The lowest BCUT2D eigenvalue weighted by Gasteiger charge is -2.31. The maximum Gasteiger partial charge on any atom is 0.488 e. The summed E-state index contributed by atoms with van der Waals surface area (Å²) in [7, 11) is -1.35. The summed E-state index contributed by atoms with van der Waals surface area (Å²) in [5.74, 6) is 0.857. The number of ketones is 1. The van der Waals surface area contributed by atoms with Crippen molar-refractivity contribution in [1.29, 1.82) is 0 Å². The molecular weight excluding hydrogens is 491 g/mol. The lowest BCUT2D eigenvalue weighted by molar-refractivity contribution is -0.128. The Morgan fingerprint density at radius 1 is 0.923 bits per heavy atom. The Balaban J connectivity index is 0.000000206. The van der Waals surface area contributed by atoms with Crippen molar-refractivity contribution in [1.82, 2.24) is 10.2 Å². The molecule has 7 nitrogen and oxygen atoms in total. The van der Waals surface area contributed by atoms with Crippen molar-refractivity contribution in [3.8, 4) is 0 Å². The van der Waals surface area contributed by atoms with E-state index in [1.807, 2.05) is 12.1 Å². The monoisotopic (exact) mass is 538 g/mol. The van der Waals surface area contributed by atoms with E-state index in [1.165, 1.54) is 53.7 Å². The highest BCUT2D eigenvalue weighted by molar-refractivity contribution is 6.58. The highest BCUT2D eigenvalue weighted by atomic mass is 16.6. The number of hydrogen-bond acceptors (Lipinski definition) is 6. The lowest BCUT2D eigenvalue weighted by Crippen LogP contribution is -2.52. The average molecular weight is 539 g/mol. The normalized spacial score (nSPS) is 14.6. The van der Waals surface area contributed by atoms with Gasteiger partial charge in [0.2, 0.25) is 0 Å². The first-order valence-corrected chi connectivity index (χ1v) is 14.3. The summed E-state index contributed by atoms with van der Waals surface area (Å²) in [6, 6.07) is 16.6. The molecule has 2 aromatic rings. The Morgan fingerprint density at radius 3 is 1.77 bits per heavy atom. The number of hydrogen-bond donors (Lipinski definition) is 3. The maximum absolute atomic E-state index is 11.1. The van der Waals surface area contributed by atoms with Gasteiger partial charge in [0.1, 0.15) is 5.60 Å². The zero-order valence-electron chi connectivity index (χ0n) is 24.4. The number of ether oxygens (including phenoxy) is 1. The van der Waals surface area contributed by atoms with Gasteiger partial charge in [0.25, 0.3) is 0 Å². The molecule has 2 saturated heterocycles. The van der Waals surface area contributed by atoms with Crippen molar-refractivity contribution in [2.24, 2.45) is 0 Å². The van der Waals surface area contributed by atoms with Crippen LogP contribution in [0.4, 0.5) is 4.79 Å². The minimum Gasteiger partial charge on any atom is -0.444 e. The second-order valence-electron chi connectivity index (χ2n) is 11.3. The quantitative estimate of drug-likeness (QED) is 0.435. The van der Waals surface area contributed by atoms with Crippen LogP contribution in [0.1, 0.15) is 82.9 Å². The first-order valence-electron chi connectivity index (χ1n) is 14.3. The van der Waals surface area contributed by atoms with Crippen LogP contribution in [0.3, 0.4) is 0 Å². The molecule has 2 aromatic carbocycles. The molecule has 2 aliphatic heterocycles. The van der Waals surface area contributed by atoms with E-state index in [4.69, 9.17) is 14.8 Å². The van der Waals surface area contributed by atoms with Crippen molar-refractivity contribution >= 4 is 24.5 Å². The third-order valence-electron chi connectivity index (χ3n) is 6.53. The van der Waals surface area contributed by atoms with E-state index in [1.54, 1.807) is 32.9 Å². The molecule has 2 fully saturated rings. The molecule has 8 heteroatoms. The summed E-state index contributed by atoms with van der Waals surface area (Å²) in [6.45, 7) is 12.5. The van der Waals surface area contributed by atoms with Crippen molar-refractivity contribution in [3.63, 3.8) is 0 Å². The average Bonchev–Trinajstić information content (AvgIpc) is 2.84. The van der Waals surface area contributed by atoms with E-state index in [9.17, 15) is 9.59 Å². The van der Waals surface area contributed by atoms with Crippen molar-refractivity contribution in [2.45, 2.75) is 84.7 Å². The first kappa shape index (κ1) is 32.5. The van der Waals surface area contributed by atoms with Crippen molar-refractivity contribution < 1.29 is 24.4 Å². The topological polar surface area (TPSA) is 99.1 Å². The van der Waals surface area contributed by atoms with E-state index in [0.717, 1.165) is 25.4 Å². The number of benzene rings is 2. The molecule has 4 rings (SSSR count). The number of carbonyl (C=O) groups excluding carboxylic acids is 2. The molecule has 0 bridgehead atoms. The number of aryl methyl sites for hydroxylation is 2. The first-order chi connectivity index (χ1) is 18.5. The molecular formula is C31H47BN2O5. The third kappa shape index (κ3) is 12.4. The fourth-order valence-corrected chi connectivity index (χ4v) is 3.93. The van der Waals surface area contributed by atoms with Crippen LogP contribution in [0.25, 0.3) is 0 Å². The number of nitrogens with one attached hydrogen (secondary N) is 1. The van der Waals surface area contributed by atoms with Crippen LogP contribution in [-0.2, 0) is 22.4 Å². The number of nitrogens with zero attached hydrogens (tertiary/aromatic N) is 1. The van der Waals surface area contributed by atoms with E-state index >= 15 is 0 Å². The Morgan fingerprint density at radius 2 is 1.41 bits per heavy atom. The summed E-state index contributed by atoms with van der Waals surface area (Å²) in [5, 5.41) is 21.0. The molecule has 1 amide bonds. The largest absolute Gasteiger partial charge is 0.488 e. The van der Waals surface area contributed by atoms with E-state index < -0.39 is 18.8 Å². The number of likely N-dealkylation sites (tertiary alicyclic amines) is 1. The third-order valence-corrected chi connectivity index (χ3v) is 6.53. The van der Waals surface area contributed by atoms with Gasteiger partial charge in [0.15, 0.2) is 5.78 Å². The summed E-state index contributed by atoms with van der Waals surface area (Å²) in [4.78, 5) is 23.1. The highest BCUT2D eigenvalue weighted by Gasteiger charge is 2.31. The van der Waals surface area contributed by atoms with Crippen molar-refractivity contribution in [2.75, 3.05) is 26.2 Å². The number of amides is 1. The van der Waals surface area contributed by atoms with E-state index in [0.29, 0.717) is 5.46 Å². The molecule has 2 aliphatic rings. The highest BCUT2D eigenvalue weighted by Crippen LogP contribution is 2.20. The molecule has 0 radical (unpaired) electrons. The number of Topliss-reactive ketones (excluding diaryl/α,β-unsaturated/α-hetero) is 1. The van der Waals surface area contributed by atoms with Gasteiger partial charge in [0.05, 0.1) is 13.1 Å². The number of unbranched alkanes of at least 4 members (excludes halogenated alkanes) is 2. The molecule has 214 valence electrons. The lowest BCUT2D eigenvalue weighted by atomic mass is 9.80. The number of carbonyl (C=O) groups is 2. The van der Waals surface area contributed by atoms with Crippen LogP contribution in [0.5, 0.6) is 0 Å². The summed E-state index contributed by atoms with van der Waals surface area (Å²) < 4.78 is 5.02. The van der Waals surface area contributed by atoms with Crippen LogP contribution in [0, 0.1) is 0 Å². The smallest absolute Gasteiger partial charge is 0.444 e. The van der Waals surface area contributed by atoms with Gasteiger partial charge in [-0.15, -0.1) is 0 Å². The van der Waals surface area contributed by atoms with Crippen LogP contribution in [0.15, 0.2) is 48.5 Å². The van der Waals surface area contributed by atoms with Crippen molar-refractivity contribution in [3.05, 3.63) is 65.2 Å². The predicted molar refractivity (Wildman–Crippen MR) is 158 cm³/mol. The van der Waals surface area contributed by atoms with Crippen LogP contribution in [-0.4, -0.2) is 65.7 Å². The van der Waals surface area contributed by atoms with Gasteiger partial charge in [-0.3, -0.25) is 9.69 Å². The van der Waals surface area contributed by atoms with Gasteiger partial charge < -0.3 is 20.1 Å². The van der Waals surface area contributed by atoms with Crippen LogP contribution in [0.2, 0.25) is 0 Å². The van der Waals surface area contributed by atoms with Gasteiger partial charge in [-0.2, -0.15) is 0 Å². The molecule has 0 atom stereocenters. The second-order valence-corrected chi connectivity index (χ2v) is 11.3. The minimum atomic E-state index is -1.35.